The summed E-state index contributed by atoms with van der Waals surface area (Å²) in [6.45, 7) is 3.84. The fourth-order valence-electron chi connectivity index (χ4n) is 3.98. The first-order valence-electron chi connectivity index (χ1n) is 11.6. The van der Waals surface area contributed by atoms with Crippen LogP contribution in [-0.2, 0) is 14.2 Å². The Morgan fingerprint density at radius 1 is 0.944 bits per heavy atom. The lowest BCUT2D eigenvalue weighted by molar-refractivity contribution is -0.0456. The van der Waals surface area contributed by atoms with Crippen molar-refractivity contribution in [2.24, 2.45) is 0 Å². The van der Waals surface area contributed by atoms with Gasteiger partial charge in [0.05, 0.1) is 11.1 Å². The van der Waals surface area contributed by atoms with E-state index in [0.717, 1.165) is 16.1 Å². The van der Waals surface area contributed by atoms with Crippen LogP contribution in [0.25, 0.3) is 10.8 Å². The third-order valence-corrected chi connectivity index (χ3v) is 6.79. The SMILES string of the molecule is Cc1ccc(C(=O)OC[C@H]2O[C@@H](c3ccc(-c4nccs4)o3)C[C@@H]2OC(=O)c2ccc(C)cc2)cc1. The Morgan fingerprint density at radius 3 is 2.25 bits per heavy atom. The monoisotopic (exact) mass is 503 g/mol. The largest absolute Gasteiger partial charge is 0.459 e. The van der Waals surface area contributed by atoms with Crippen LogP contribution >= 0.6 is 11.3 Å². The number of thiazole rings is 1. The highest BCUT2D eigenvalue weighted by atomic mass is 32.1. The molecular formula is C28H25NO6S. The number of aryl methyl sites for hydroxylation is 2. The van der Waals surface area contributed by atoms with Crippen LogP contribution in [0.15, 0.2) is 76.7 Å². The third kappa shape index (κ3) is 5.40. The molecule has 5 rings (SSSR count). The lowest BCUT2D eigenvalue weighted by Crippen LogP contribution is -2.32. The van der Waals surface area contributed by atoms with Crippen molar-refractivity contribution in [3.05, 3.63) is 100 Å². The molecule has 0 amide bonds. The second-order valence-corrected chi connectivity index (χ2v) is 9.61. The Balaban J connectivity index is 1.31. The molecule has 1 aliphatic heterocycles. The van der Waals surface area contributed by atoms with Gasteiger partial charge >= 0.3 is 11.9 Å². The minimum absolute atomic E-state index is 0.0604. The fraction of sp³-hybridized carbons (Fsp3) is 0.250. The molecule has 1 fully saturated rings. The van der Waals surface area contributed by atoms with Gasteiger partial charge in [0.15, 0.2) is 10.8 Å². The molecule has 0 N–H and O–H groups in total. The van der Waals surface area contributed by atoms with E-state index in [4.69, 9.17) is 18.6 Å². The van der Waals surface area contributed by atoms with Crippen molar-refractivity contribution in [2.75, 3.05) is 6.61 Å². The average molecular weight is 504 g/mol. The third-order valence-electron chi connectivity index (χ3n) is 6.00. The molecule has 0 aliphatic carbocycles. The summed E-state index contributed by atoms with van der Waals surface area (Å²) >= 11 is 1.48. The van der Waals surface area contributed by atoms with Crippen LogP contribution in [0.2, 0.25) is 0 Å². The number of hydrogen-bond acceptors (Lipinski definition) is 8. The molecule has 36 heavy (non-hydrogen) atoms. The Hall–Kier alpha value is -3.75. The molecule has 1 aliphatic rings. The number of carbonyl (C=O) groups is 2. The van der Waals surface area contributed by atoms with Gasteiger partial charge in [-0.1, -0.05) is 35.4 Å². The van der Waals surface area contributed by atoms with Crippen molar-refractivity contribution in [2.45, 2.75) is 38.6 Å². The summed E-state index contributed by atoms with van der Waals surface area (Å²) in [6.07, 6.45) is 0.357. The molecule has 3 atom stereocenters. The molecular weight excluding hydrogens is 478 g/mol. The molecule has 0 radical (unpaired) electrons. The van der Waals surface area contributed by atoms with Gasteiger partial charge in [0.25, 0.3) is 0 Å². The smallest absolute Gasteiger partial charge is 0.338 e. The summed E-state index contributed by atoms with van der Waals surface area (Å²) < 4.78 is 23.5. The molecule has 0 unspecified atom stereocenters. The quantitative estimate of drug-likeness (QED) is 0.289. The topological polar surface area (TPSA) is 87.9 Å². The maximum atomic E-state index is 12.8. The van der Waals surface area contributed by atoms with Gasteiger partial charge in [-0.3, -0.25) is 0 Å². The summed E-state index contributed by atoms with van der Waals surface area (Å²) in [5.74, 6) is 0.326. The number of nitrogens with zero attached hydrogens (tertiary/aromatic N) is 1. The maximum absolute atomic E-state index is 12.8. The number of rotatable bonds is 7. The zero-order valence-corrected chi connectivity index (χ0v) is 20.7. The maximum Gasteiger partial charge on any atom is 0.338 e. The lowest BCUT2D eigenvalue weighted by Gasteiger charge is -2.19. The summed E-state index contributed by atoms with van der Waals surface area (Å²) in [7, 11) is 0. The molecule has 184 valence electrons. The second kappa shape index (κ2) is 10.5. The van der Waals surface area contributed by atoms with Crippen LogP contribution in [0.1, 0.15) is 50.1 Å². The molecule has 8 heteroatoms. The van der Waals surface area contributed by atoms with E-state index in [1.165, 1.54) is 11.3 Å². The van der Waals surface area contributed by atoms with Crippen LogP contribution < -0.4 is 0 Å². The molecule has 1 saturated heterocycles. The van der Waals surface area contributed by atoms with E-state index in [2.05, 4.69) is 4.98 Å². The fourth-order valence-corrected chi connectivity index (χ4v) is 4.58. The molecule has 2 aromatic heterocycles. The predicted molar refractivity (Wildman–Crippen MR) is 134 cm³/mol. The Labute approximate surface area is 212 Å². The molecule has 7 nitrogen and oxygen atoms in total. The highest BCUT2D eigenvalue weighted by molar-refractivity contribution is 7.13. The molecule has 4 aromatic rings. The van der Waals surface area contributed by atoms with Crippen LogP contribution in [-0.4, -0.2) is 35.7 Å². The van der Waals surface area contributed by atoms with Crippen LogP contribution in [0, 0.1) is 13.8 Å². The van der Waals surface area contributed by atoms with Gasteiger partial charge in [-0.15, -0.1) is 11.3 Å². The normalized spacial score (nSPS) is 19.2. The highest BCUT2D eigenvalue weighted by Crippen LogP contribution is 2.38. The molecule has 0 spiro atoms. The predicted octanol–water partition coefficient (Wildman–Crippen LogP) is 5.93. The van der Waals surface area contributed by atoms with Crippen LogP contribution in [0.3, 0.4) is 0 Å². The zero-order valence-electron chi connectivity index (χ0n) is 19.9. The van der Waals surface area contributed by atoms with E-state index >= 15 is 0 Å². The van der Waals surface area contributed by atoms with E-state index in [1.54, 1.807) is 30.5 Å². The first kappa shape index (κ1) is 24.0. The van der Waals surface area contributed by atoms with Gasteiger partial charge < -0.3 is 18.6 Å². The standard InChI is InChI=1S/C28H25NO6S/c1-17-3-7-19(8-4-17)27(30)32-16-25-24(35-28(31)20-9-5-18(2)6-10-20)15-23(34-25)21-11-12-22(33-21)26-29-13-14-36-26/h3-14,23-25H,15-16H2,1-2H3/t23-,24+,25-/m1/s1. The van der Waals surface area contributed by atoms with Crippen molar-refractivity contribution in [3.8, 4) is 10.8 Å². The van der Waals surface area contributed by atoms with Crippen molar-refractivity contribution in [1.82, 2.24) is 4.98 Å². The van der Waals surface area contributed by atoms with E-state index in [1.807, 2.05) is 55.6 Å². The van der Waals surface area contributed by atoms with Crippen LogP contribution in [0.5, 0.6) is 0 Å². The van der Waals surface area contributed by atoms with Gasteiger partial charge in [0.2, 0.25) is 0 Å². The summed E-state index contributed by atoms with van der Waals surface area (Å²) in [5, 5.41) is 2.65. The number of carbonyl (C=O) groups excluding carboxylic acids is 2. The van der Waals surface area contributed by atoms with E-state index in [9.17, 15) is 9.59 Å². The van der Waals surface area contributed by atoms with E-state index < -0.39 is 30.3 Å². The van der Waals surface area contributed by atoms with Gasteiger partial charge in [-0.2, -0.15) is 0 Å². The van der Waals surface area contributed by atoms with Crippen molar-refractivity contribution < 1.29 is 28.2 Å². The Kier molecular flexibility index (Phi) is 6.97. The minimum Gasteiger partial charge on any atom is -0.459 e. The van der Waals surface area contributed by atoms with Gasteiger partial charge in [-0.05, 0) is 50.2 Å². The second-order valence-electron chi connectivity index (χ2n) is 8.71. The first-order chi connectivity index (χ1) is 17.5. The minimum atomic E-state index is -0.646. The van der Waals surface area contributed by atoms with Gasteiger partial charge in [0, 0.05) is 18.0 Å². The van der Waals surface area contributed by atoms with Gasteiger partial charge in [0.1, 0.15) is 30.7 Å². The zero-order chi connectivity index (χ0) is 25.1. The summed E-state index contributed by atoms with van der Waals surface area (Å²) in [5.41, 5.74) is 2.99. The molecule has 0 bridgehead atoms. The number of benzene rings is 2. The van der Waals surface area contributed by atoms with Crippen molar-refractivity contribution >= 4 is 23.3 Å². The Bertz CT molecular complexity index is 1330. The number of furan rings is 1. The number of hydrogen-bond donors (Lipinski definition) is 0. The lowest BCUT2D eigenvalue weighted by atomic mass is 10.1. The number of aromatic nitrogens is 1. The van der Waals surface area contributed by atoms with Gasteiger partial charge in [-0.25, -0.2) is 14.6 Å². The molecule has 0 saturated carbocycles. The van der Waals surface area contributed by atoms with E-state index in [0.29, 0.717) is 29.1 Å². The summed E-state index contributed by atoms with van der Waals surface area (Å²) in [6, 6.07) is 18.0. The molecule has 2 aromatic carbocycles. The number of ether oxygens (including phenoxy) is 3. The van der Waals surface area contributed by atoms with E-state index in [-0.39, 0.29) is 6.61 Å². The molecule has 3 heterocycles. The Morgan fingerprint density at radius 2 is 1.61 bits per heavy atom. The van der Waals surface area contributed by atoms with Crippen molar-refractivity contribution in [1.29, 1.82) is 0 Å². The first-order valence-corrected chi connectivity index (χ1v) is 12.5. The van der Waals surface area contributed by atoms with Crippen molar-refractivity contribution in [3.63, 3.8) is 0 Å². The summed E-state index contributed by atoms with van der Waals surface area (Å²) in [4.78, 5) is 29.7. The van der Waals surface area contributed by atoms with Crippen LogP contribution in [0.4, 0.5) is 0 Å². The highest BCUT2D eigenvalue weighted by Gasteiger charge is 2.41. The number of esters is 2. The average Bonchev–Trinajstić information content (AvgIpc) is 3.64.